The van der Waals surface area contributed by atoms with Gasteiger partial charge in [-0.3, -0.25) is 14.5 Å². The second kappa shape index (κ2) is 13.4. The van der Waals surface area contributed by atoms with Crippen molar-refractivity contribution in [2.45, 2.75) is 139 Å². The van der Waals surface area contributed by atoms with E-state index >= 15 is 0 Å². The zero-order chi connectivity index (χ0) is 36.5. The third-order valence-electron chi connectivity index (χ3n) is 17.4. The predicted octanol–water partition coefficient (Wildman–Crippen LogP) is 8.06. The number of carbonyl (C=O) groups is 2. The van der Waals surface area contributed by atoms with E-state index in [1.54, 1.807) is 13.8 Å². The average Bonchev–Trinajstić information content (AvgIpc) is 3.43. The minimum absolute atomic E-state index is 0.0909. The zero-order valence-corrected chi connectivity index (χ0v) is 33.1. The molecule has 7 nitrogen and oxygen atoms in total. The Bertz CT molecular complexity index is 1300. The van der Waals surface area contributed by atoms with E-state index in [0.717, 1.165) is 57.4 Å². The number of aliphatic carboxylic acids is 1. The molecule has 0 radical (unpaired) electrons. The highest BCUT2D eigenvalue weighted by Gasteiger charge is 2.71. The van der Waals surface area contributed by atoms with E-state index in [4.69, 9.17) is 4.74 Å². The van der Waals surface area contributed by atoms with Crippen molar-refractivity contribution in [3.05, 3.63) is 12.2 Å². The number of carboxylic acid groups (broad SMARTS) is 1. The molecule has 0 unspecified atom stereocenters. The number of carbonyl (C=O) groups excluding carboxylic acids is 1. The highest BCUT2D eigenvalue weighted by Crippen LogP contribution is 2.78. The summed E-state index contributed by atoms with van der Waals surface area (Å²) in [6.07, 6.45) is 13.5. The van der Waals surface area contributed by atoms with Crippen LogP contribution >= 0.6 is 0 Å². The van der Waals surface area contributed by atoms with Gasteiger partial charge in [0, 0.05) is 38.1 Å². The van der Waals surface area contributed by atoms with Crippen LogP contribution in [0.2, 0.25) is 0 Å². The number of allylic oxidation sites excluding steroid dienone is 1. The molecule has 2 N–H and O–H groups in total. The van der Waals surface area contributed by atoms with Gasteiger partial charge in [0.05, 0.1) is 18.4 Å². The lowest BCUT2D eigenvalue weighted by atomic mass is 9.32. The number of hydrogen-bond donors (Lipinski definition) is 2. The Morgan fingerprint density at radius 3 is 2.10 bits per heavy atom. The van der Waals surface area contributed by atoms with Crippen molar-refractivity contribution < 1.29 is 24.5 Å². The number of aliphatic hydroxyl groups is 1. The van der Waals surface area contributed by atoms with E-state index in [0.29, 0.717) is 28.6 Å². The monoisotopic (exact) mass is 697 g/mol. The number of fused-ring (bicyclic) bond motifs is 7. The first-order valence-electron chi connectivity index (χ1n) is 20.5. The van der Waals surface area contributed by atoms with Crippen molar-refractivity contribution in [3.8, 4) is 0 Å². The van der Waals surface area contributed by atoms with Gasteiger partial charge in [-0.2, -0.15) is 0 Å². The van der Waals surface area contributed by atoms with Gasteiger partial charge >= 0.3 is 11.9 Å². The molecule has 0 aromatic carbocycles. The summed E-state index contributed by atoms with van der Waals surface area (Å²) >= 11 is 0. The van der Waals surface area contributed by atoms with Gasteiger partial charge < -0.3 is 19.8 Å². The Balaban J connectivity index is 1.20. The van der Waals surface area contributed by atoms with E-state index < -0.39 is 11.4 Å². The summed E-state index contributed by atoms with van der Waals surface area (Å²) < 4.78 is 6.20. The lowest BCUT2D eigenvalue weighted by Gasteiger charge is -2.73. The number of rotatable bonds is 10. The summed E-state index contributed by atoms with van der Waals surface area (Å²) in [4.78, 5) is 30.0. The number of piperazine rings is 1. The number of carboxylic acids is 1. The van der Waals surface area contributed by atoms with Crippen LogP contribution in [0.4, 0.5) is 0 Å². The van der Waals surface area contributed by atoms with Crippen molar-refractivity contribution in [3.63, 3.8) is 0 Å². The van der Waals surface area contributed by atoms with Crippen molar-refractivity contribution in [2.75, 3.05) is 45.9 Å². The van der Waals surface area contributed by atoms with Crippen molar-refractivity contribution in [1.82, 2.24) is 9.80 Å². The molecular weight excluding hydrogens is 624 g/mol. The third kappa shape index (κ3) is 6.13. The number of aliphatic hydroxyl groups excluding tert-OH is 1. The third-order valence-corrected chi connectivity index (χ3v) is 17.4. The van der Waals surface area contributed by atoms with E-state index in [9.17, 15) is 19.8 Å². The van der Waals surface area contributed by atoms with Crippen LogP contribution in [0.15, 0.2) is 12.2 Å². The van der Waals surface area contributed by atoms with E-state index in [-0.39, 0.29) is 41.3 Å². The minimum Gasteiger partial charge on any atom is -0.481 e. The molecule has 6 aliphatic rings. The fraction of sp³-hybridized carbons (Fsp3) is 0.907. The van der Waals surface area contributed by atoms with Gasteiger partial charge in [0.2, 0.25) is 0 Å². The van der Waals surface area contributed by atoms with Crippen LogP contribution in [0, 0.1) is 62.1 Å². The summed E-state index contributed by atoms with van der Waals surface area (Å²) in [7, 11) is 0. The van der Waals surface area contributed by atoms with Gasteiger partial charge in [-0.05, 0) is 149 Å². The van der Waals surface area contributed by atoms with Crippen LogP contribution < -0.4 is 0 Å². The molecule has 0 amide bonds. The highest BCUT2D eigenvalue weighted by molar-refractivity contribution is 5.81. The molecule has 50 heavy (non-hydrogen) atoms. The molecule has 7 heteroatoms. The largest absolute Gasteiger partial charge is 0.481 e. The zero-order valence-electron chi connectivity index (χ0n) is 33.1. The quantitative estimate of drug-likeness (QED) is 0.177. The molecule has 5 aliphatic carbocycles. The van der Waals surface area contributed by atoms with Crippen molar-refractivity contribution in [2.24, 2.45) is 62.1 Å². The average molecular weight is 697 g/mol. The predicted molar refractivity (Wildman–Crippen MR) is 199 cm³/mol. The summed E-state index contributed by atoms with van der Waals surface area (Å²) in [6, 6.07) is 0. The Kier molecular flexibility index (Phi) is 10.3. The lowest BCUT2D eigenvalue weighted by Crippen LogP contribution is -2.66. The SMILES string of the molecule is C=C(C)[C@@H]1CC[C@]2(CCN3CCN(CCO)CC3)CC[C@]3(C)[C@H](CC[C@@H]4[C@@]5(C)CC[C@H](OC(=O)CC(C)(C)C(=O)O)C(C)(C)[C@@H]5CC[C@]43C)[C@@H]12. The van der Waals surface area contributed by atoms with Gasteiger partial charge in [-0.25, -0.2) is 0 Å². The van der Waals surface area contributed by atoms with Crippen LogP contribution in [-0.4, -0.2) is 83.9 Å². The van der Waals surface area contributed by atoms with E-state index in [1.807, 2.05) is 0 Å². The normalized spacial score (nSPS) is 43.2. The van der Waals surface area contributed by atoms with Crippen LogP contribution in [0.3, 0.4) is 0 Å². The second-order valence-electron chi connectivity index (χ2n) is 20.4. The standard InChI is InChI=1S/C43H72N2O5/c1-29(2)30-12-17-43(20-21-44-22-24-45(25-23-44)26-27-46)19-18-41(8)31(36(30)43)10-11-33-40(7)15-14-34(50-35(47)28-38(3,4)37(48)49)39(5,6)32(40)13-16-42(33,41)9/h30-34,36,46H,1,10-28H2,2-9H3,(H,48,49)/t30-,31+,32-,33+,34-,36+,40-,41+,42+,43+/m0/s1. The maximum atomic E-state index is 13.1. The molecule has 6 fully saturated rings. The summed E-state index contributed by atoms with van der Waals surface area (Å²) in [6.45, 7) is 29.6. The van der Waals surface area contributed by atoms with Gasteiger partial charge in [-0.15, -0.1) is 0 Å². The first-order valence-corrected chi connectivity index (χ1v) is 20.5. The lowest BCUT2D eigenvalue weighted by molar-refractivity contribution is -0.250. The van der Waals surface area contributed by atoms with Gasteiger partial charge in [-0.1, -0.05) is 46.8 Å². The van der Waals surface area contributed by atoms with E-state index in [2.05, 4.69) is 57.9 Å². The molecule has 0 spiro atoms. The van der Waals surface area contributed by atoms with Gasteiger partial charge in [0.25, 0.3) is 0 Å². The maximum Gasteiger partial charge on any atom is 0.309 e. The molecule has 0 aromatic rings. The topological polar surface area (TPSA) is 90.3 Å². The fourth-order valence-corrected chi connectivity index (χ4v) is 14.3. The Labute approximate surface area is 304 Å². The molecule has 5 saturated carbocycles. The molecule has 0 bridgehead atoms. The van der Waals surface area contributed by atoms with Crippen molar-refractivity contribution in [1.29, 1.82) is 0 Å². The van der Waals surface area contributed by atoms with E-state index in [1.165, 1.54) is 69.9 Å². The van der Waals surface area contributed by atoms with Gasteiger partial charge in [0.1, 0.15) is 6.10 Å². The van der Waals surface area contributed by atoms with Crippen LogP contribution in [0.1, 0.15) is 132 Å². The molecule has 6 rings (SSSR count). The van der Waals surface area contributed by atoms with Crippen LogP contribution in [0.5, 0.6) is 0 Å². The summed E-state index contributed by atoms with van der Waals surface area (Å²) in [5.74, 6) is 1.92. The van der Waals surface area contributed by atoms with Crippen molar-refractivity contribution >= 4 is 11.9 Å². The highest BCUT2D eigenvalue weighted by atomic mass is 16.5. The fourth-order valence-electron chi connectivity index (χ4n) is 14.3. The summed E-state index contributed by atoms with van der Waals surface area (Å²) in [5, 5.41) is 19.0. The summed E-state index contributed by atoms with van der Waals surface area (Å²) in [5.41, 5.74) is 1.36. The maximum absolute atomic E-state index is 13.1. The first kappa shape index (κ1) is 38.3. The molecule has 284 valence electrons. The Hall–Kier alpha value is -1.44. The smallest absolute Gasteiger partial charge is 0.309 e. The molecular formula is C43H72N2O5. The molecule has 10 atom stereocenters. The first-order chi connectivity index (χ1) is 23.3. The minimum atomic E-state index is -1.12. The number of hydrogen-bond acceptors (Lipinski definition) is 6. The number of ether oxygens (including phenoxy) is 1. The van der Waals surface area contributed by atoms with Crippen LogP contribution in [-0.2, 0) is 14.3 Å². The van der Waals surface area contributed by atoms with Gasteiger partial charge in [0.15, 0.2) is 0 Å². The number of esters is 1. The molecule has 1 heterocycles. The Morgan fingerprint density at radius 2 is 1.48 bits per heavy atom. The number of nitrogens with zero attached hydrogens (tertiary/aromatic N) is 2. The Morgan fingerprint density at radius 1 is 0.820 bits per heavy atom. The second-order valence-corrected chi connectivity index (χ2v) is 20.4. The number of β-amino-alcohol motifs (C(OH)–C–C–N with tert-alkyl or cyclic N) is 1. The molecule has 0 aromatic heterocycles. The van der Waals surface area contributed by atoms with Crippen LogP contribution in [0.25, 0.3) is 0 Å². The molecule has 1 aliphatic heterocycles. The molecule has 1 saturated heterocycles.